The smallest absolute Gasteiger partial charge is 0.275 e. The Morgan fingerprint density at radius 1 is 1.23 bits per heavy atom. The largest absolute Gasteiger partial charge is 0.344 e. The molecule has 1 aliphatic rings. The van der Waals surface area contributed by atoms with Crippen molar-refractivity contribution in [1.82, 2.24) is 14.6 Å². The van der Waals surface area contributed by atoms with Crippen LogP contribution in [0.15, 0.2) is 41.2 Å². The highest BCUT2D eigenvalue weighted by atomic mass is 32.1. The van der Waals surface area contributed by atoms with Crippen molar-refractivity contribution >= 4 is 21.4 Å². The molecule has 0 bridgehead atoms. The van der Waals surface area contributed by atoms with Crippen LogP contribution in [0.25, 0.3) is 4.96 Å². The summed E-state index contributed by atoms with van der Waals surface area (Å²) in [6.45, 7) is 3.03. The van der Waals surface area contributed by atoms with E-state index in [-0.39, 0.29) is 5.56 Å². The molecule has 0 spiro atoms. The highest BCUT2D eigenvalue weighted by Gasteiger charge is 2.25. The van der Waals surface area contributed by atoms with Crippen molar-refractivity contribution < 1.29 is 0 Å². The Morgan fingerprint density at radius 3 is 2.88 bits per heavy atom. The third kappa shape index (κ3) is 3.51. The monoisotopic (exact) mass is 368 g/mol. The molecule has 5 nitrogen and oxygen atoms in total. The lowest BCUT2D eigenvalue weighted by atomic mass is 9.96. The van der Waals surface area contributed by atoms with Gasteiger partial charge < -0.3 is 4.90 Å². The number of benzene rings is 1. The Morgan fingerprint density at radius 2 is 2.08 bits per heavy atom. The lowest BCUT2D eigenvalue weighted by Gasteiger charge is -2.35. The molecule has 26 heavy (non-hydrogen) atoms. The molecule has 1 saturated heterocycles. The van der Waals surface area contributed by atoms with Crippen molar-refractivity contribution in [3.05, 3.63) is 58.0 Å². The predicted octanol–water partition coefficient (Wildman–Crippen LogP) is 3.71. The van der Waals surface area contributed by atoms with Crippen LogP contribution in [0.1, 0.15) is 43.9 Å². The molecule has 2 aromatic heterocycles. The molecule has 1 unspecified atom stereocenters. The Kier molecular flexibility index (Phi) is 5.02. The van der Waals surface area contributed by atoms with E-state index in [1.54, 1.807) is 6.07 Å². The molecule has 0 radical (unpaired) electrons. The number of piperidine rings is 1. The molecule has 0 aliphatic carbocycles. The minimum atomic E-state index is -0.0767. The third-order valence-corrected chi connectivity index (χ3v) is 6.08. The van der Waals surface area contributed by atoms with Crippen LogP contribution in [0.5, 0.6) is 0 Å². The first kappa shape index (κ1) is 17.2. The van der Waals surface area contributed by atoms with Gasteiger partial charge in [0.15, 0.2) is 0 Å². The number of hydrogen-bond donors (Lipinski definition) is 0. The number of nitrogens with zero attached hydrogens (tertiary/aromatic N) is 4. The summed E-state index contributed by atoms with van der Waals surface area (Å²) < 4.78 is 1.46. The second-order valence-corrected chi connectivity index (χ2v) is 7.82. The first-order chi connectivity index (χ1) is 12.7. The summed E-state index contributed by atoms with van der Waals surface area (Å²) in [6, 6.07) is 12.7. The van der Waals surface area contributed by atoms with Gasteiger partial charge in [0, 0.05) is 24.3 Å². The summed E-state index contributed by atoms with van der Waals surface area (Å²) in [5.41, 5.74) is 2.14. The van der Waals surface area contributed by atoms with Gasteiger partial charge in [-0.3, -0.25) is 4.79 Å². The van der Waals surface area contributed by atoms with Crippen LogP contribution < -0.4 is 10.5 Å². The molecule has 0 N–H and O–H groups in total. The lowest BCUT2D eigenvalue weighted by molar-refractivity contribution is 0.436. The number of fused-ring (bicyclic) bond motifs is 1. The molecule has 1 atom stereocenters. The fraction of sp³-hybridized carbons (Fsp3) is 0.450. The number of rotatable bonds is 5. The molecule has 136 valence electrons. The zero-order valence-corrected chi connectivity index (χ0v) is 15.9. The number of aromatic nitrogens is 3. The summed E-state index contributed by atoms with van der Waals surface area (Å²) in [5, 5.41) is 5.53. The quantitative estimate of drug-likeness (QED) is 0.689. The van der Waals surface area contributed by atoms with E-state index in [0.29, 0.717) is 11.0 Å². The van der Waals surface area contributed by atoms with Gasteiger partial charge in [-0.1, -0.05) is 48.6 Å². The van der Waals surface area contributed by atoms with Crippen molar-refractivity contribution in [2.75, 3.05) is 11.4 Å². The Bertz CT molecular complexity index is 934. The molecule has 3 aromatic rings. The van der Waals surface area contributed by atoms with Crippen molar-refractivity contribution in [3.63, 3.8) is 0 Å². The van der Waals surface area contributed by atoms with Gasteiger partial charge >= 0.3 is 0 Å². The lowest BCUT2D eigenvalue weighted by Crippen LogP contribution is -2.40. The van der Waals surface area contributed by atoms with Gasteiger partial charge in [-0.05, 0) is 44.1 Å². The average Bonchev–Trinajstić information content (AvgIpc) is 3.12. The second-order valence-electron chi connectivity index (χ2n) is 6.89. The standard InChI is InChI=1S/C20H24N4OS/c1-2-16-14-18(25)24-19(21-16)26-20(22-24)23-13-7-6-10-17(23)12-11-15-8-4-3-5-9-15/h3-5,8-9,14,17H,2,6-7,10-13H2,1H3. The van der Waals surface area contributed by atoms with E-state index >= 15 is 0 Å². The molecular weight excluding hydrogens is 344 g/mol. The van der Waals surface area contributed by atoms with Crippen LogP contribution in [0.4, 0.5) is 5.13 Å². The van der Waals surface area contributed by atoms with Gasteiger partial charge in [0.1, 0.15) is 0 Å². The maximum Gasteiger partial charge on any atom is 0.275 e. The topological polar surface area (TPSA) is 50.5 Å². The maximum absolute atomic E-state index is 12.3. The minimum Gasteiger partial charge on any atom is -0.344 e. The van der Waals surface area contributed by atoms with Crippen LogP contribution in [0, 0.1) is 0 Å². The Labute approximate surface area is 157 Å². The summed E-state index contributed by atoms with van der Waals surface area (Å²) in [7, 11) is 0. The Balaban J connectivity index is 1.58. The molecule has 3 heterocycles. The Hall–Kier alpha value is -2.21. The van der Waals surface area contributed by atoms with Gasteiger partial charge in [0.25, 0.3) is 5.56 Å². The normalized spacial score (nSPS) is 17.7. The van der Waals surface area contributed by atoms with E-state index in [2.05, 4.69) is 45.3 Å². The molecule has 4 rings (SSSR count). The molecule has 1 fully saturated rings. The molecule has 1 aliphatic heterocycles. The summed E-state index contributed by atoms with van der Waals surface area (Å²) in [4.78, 5) is 20.0. The van der Waals surface area contributed by atoms with Gasteiger partial charge in [-0.25, -0.2) is 4.98 Å². The van der Waals surface area contributed by atoms with Crippen LogP contribution in [0.2, 0.25) is 0 Å². The summed E-state index contributed by atoms with van der Waals surface area (Å²) >= 11 is 1.54. The number of anilines is 1. The maximum atomic E-state index is 12.3. The van der Waals surface area contributed by atoms with Crippen LogP contribution in [0.3, 0.4) is 0 Å². The van der Waals surface area contributed by atoms with E-state index in [9.17, 15) is 4.79 Å². The van der Waals surface area contributed by atoms with E-state index in [1.165, 1.54) is 40.7 Å². The SMILES string of the molecule is CCc1cc(=O)n2nc(N3CCCCC3CCc3ccccc3)sc2n1. The first-order valence-electron chi connectivity index (χ1n) is 9.45. The number of aryl methyl sites for hydroxylation is 2. The molecular formula is C20H24N4OS. The first-order valence-corrected chi connectivity index (χ1v) is 10.3. The molecule has 6 heteroatoms. The van der Waals surface area contributed by atoms with Crippen molar-refractivity contribution in [3.8, 4) is 0 Å². The number of hydrogen-bond acceptors (Lipinski definition) is 5. The summed E-state index contributed by atoms with van der Waals surface area (Å²) in [6.07, 6.45) is 6.58. The van der Waals surface area contributed by atoms with Crippen LogP contribution >= 0.6 is 11.3 Å². The molecule has 0 saturated carbocycles. The van der Waals surface area contributed by atoms with Crippen molar-refractivity contribution in [2.24, 2.45) is 0 Å². The predicted molar refractivity (Wildman–Crippen MR) is 106 cm³/mol. The van der Waals surface area contributed by atoms with Crippen LogP contribution in [-0.4, -0.2) is 27.2 Å². The van der Waals surface area contributed by atoms with E-state index in [4.69, 9.17) is 0 Å². The summed E-state index contributed by atoms with van der Waals surface area (Å²) in [5.74, 6) is 0. The van der Waals surface area contributed by atoms with Gasteiger partial charge in [-0.15, -0.1) is 5.10 Å². The van der Waals surface area contributed by atoms with Crippen molar-refractivity contribution in [2.45, 2.75) is 51.5 Å². The second kappa shape index (κ2) is 7.58. The fourth-order valence-corrected chi connectivity index (χ4v) is 4.70. The fourth-order valence-electron chi connectivity index (χ4n) is 3.67. The van der Waals surface area contributed by atoms with Gasteiger partial charge in [0.05, 0.1) is 0 Å². The van der Waals surface area contributed by atoms with Crippen LogP contribution in [-0.2, 0) is 12.8 Å². The highest BCUT2D eigenvalue weighted by molar-refractivity contribution is 7.20. The average molecular weight is 369 g/mol. The zero-order chi connectivity index (χ0) is 17.9. The van der Waals surface area contributed by atoms with E-state index in [1.807, 2.05) is 6.92 Å². The van der Waals surface area contributed by atoms with E-state index < -0.39 is 0 Å². The van der Waals surface area contributed by atoms with Crippen molar-refractivity contribution in [1.29, 1.82) is 0 Å². The molecule has 0 amide bonds. The minimum absolute atomic E-state index is 0.0767. The van der Waals surface area contributed by atoms with Gasteiger partial charge in [0.2, 0.25) is 10.1 Å². The highest BCUT2D eigenvalue weighted by Crippen LogP contribution is 2.30. The van der Waals surface area contributed by atoms with Gasteiger partial charge in [-0.2, -0.15) is 4.52 Å². The molecule has 1 aromatic carbocycles. The zero-order valence-electron chi connectivity index (χ0n) is 15.1. The third-order valence-electron chi connectivity index (χ3n) is 5.13. The van der Waals surface area contributed by atoms with E-state index in [0.717, 1.165) is 36.6 Å².